The van der Waals surface area contributed by atoms with Gasteiger partial charge in [0.25, 0.3) is 0 Å². The van der Waals surface area contributed by atoms with Crippen LogP contribution in [0.1, 0.15) is 0 Å². The van der Waals surface area contributed by atoms with Gasteiger partial charge in [-0.15, -0.1) is 28.1 Å². The Kier molecular flexibility index (Phi) is 7.43. The zero-order chi connectivity index (χ0) is 23.2. The number of anilines is 1. The van der Waals surface area contributed by atoms with Gasteiger partial charge < -0.3 is 10.1 Å². The zero-order valence-corrected chi connectivity index (χ0v) is 20.1. The highest BCUT2D eigenvalue weighted by molar-refractivity contribution is 7.99. The molecule has 4 aromatic rings. The minimum Gasteiger partial charge on any atom is -0.496 e. The molecule has 1 N–H and O–H groups in total. The summed E-state index contributed by atoms with van der Waals surface area (Å²) in [5, 5.41) is 15.2. The summed E-state index contributed by atoms with van der Waals surface area (Å²) in [5.74, 6) is 1.34. The molecule has 0 aliphatic heterocycles. The summed E-state index contributed by atoms with van der Waals surface area (Å²) in [7, 11) is 1.62. The van der Waals surface area contributed by atoms with Crippen LogP contribution < -0.4 is 10.1 Å². The van der Waals surface area contributed by atoms with E-state index < -0.39 is 0 Å². The number of carbonyl (C=O) groups excluding carboxylic acids is 1. The van der Waals surface area contributed by atoms with Crippen LogP contribution in [0.15, 0.2) is 71.7 Å². The van der Waals surface area contributed by atoms with E-state index in [-0.39, 0.29) is 11.7 Å². The number of carbonyl (C=O) groups is 1. The van der Waals surface area contributed by atoms with Crippen LogP contribution in [0.25, 0.3) is 22.6 Å². The molecule has 33 heavy (non-hydrogen) atoms. The van der Waals surface area contributed by atoms with Gasteiger partial charge in [-0.1, -0.05) is 53.7 Å². The van der Waals surface area contributed by atoms with E-state index >= 15 is 0 Å². The second-order valence-corrected chi connectivity index (χ2v) is 9.02. The van der Waals surface area contributed by atoms with E-state index in [0.717, 1.165) is 16.8 Å². The molecule has 4 rings (SSSR count). The molecule has 0 atom stereocenters. The van der Waals surface area contributed by atoms with Crippen LogP contribution in [0.2, 0.25) is 5.02 Å². The molecule has 2 aromatic heterocycles. The minimum absolute atomic E-state index is 0.164. The van der Waals surface area contributed by atoms with E-state index in [9.17, 15) is 4.79 Å². The number of nitrogens with zero attached hydrogens (tertiary/aromatic N) is 4. The average Bonchev–Trinajstić information content (AvgIpc) is 3.45. The fourth-order valence-electron chi connectivity index (χ4n) is 3.09. The molecule has 0 aliphatic carbocycles. The highest BCUT2D eigenvalue weighted by Gasteiger charge is 2.18. The number of thioether (sulfide) groups is 1. The number of methoxy groups -OCH3 is 1. The summed E-state index contributed by atoms with van der Waals surface area (Å²) in [6.07, 6.45) is 1.76. The lowest BCUT2D eigenvalue weighted by Gasteiger charge is -2.10. The Labute approximate surface area is 204 Å². The highest BCUT2D eigenvalue weighted by Crippen LogP contribution is 2.31. The maximum atomic E-state index is 12.5. The number of amides is 1. The average molecular weight is 498 g/mol. The molecule has 10 heteroatoms. The standard InChI is InChI=1S/C23H20ClN5O2S2/c1-3-12-29-21(17-6-4-5-7-19(17)31-2)27-28-23(29)33-14-20(30)26-22-25-18(13-32-22)15-8-10-16(24)11-9-15/h3-11,13H,1,12,14H2,2H3,(H,25,26,30). The predicted molar refractivity (Wildman–Crippen MR) is 134 cm³/mol. The summed E-state index contributed by atoms with van der Waals surface area (Å²) in [6, 6.07) is 15.0. The number of para-hydroxylation sites is 1. The van der Waals surface area contributed by atoms with Crippen molar-refractivity contribution in [3.63, 3.8) is 0 Å². The quantitative estimate of drug-likeness (QED) is 0.238. The van der Waals surface area contributed by atoms with E-state index in [1.165, 1.54) is 23.1 Å². The topological polar surface area (TPSA) is 81.9 Å². The van der Waals surface area contributed by atoms with Gasteiger partial charge in [0, 0.05) is 22.5 Å². The van der Waals surface area contributed by atoms with Crippen molar-refractivity contribution >= 4 is 45.7 Å². The van der Waals surface area contributed by atoms with Crippen molar-refractivity contribution in [1.29, 1.82) is 0 Å². The summed E-state index contributed by atoms with van der Waals surface area (Å²) in [4.78, 5) is 17.0. The van der Waals surface area contributed by atoms with Gasteiger partial charge in [0.05, 0.1) is 24.1 Å². The van der Waals surface area contributed by atoms with E-state index in [0.29, 0.717) is 33.4 Å². The van der Waals surface area contributed by atoms with Crippen LogP contribution in [-0.2, 0) is 11.3 Å². The van der Waals surface area contributed by atoms with Gasteiger partial charge in [-0.25, -0.2) is 4.98 Å². The first kappa shape index (κ1) is 23.0. The Balaban J connectivity index is 1.44. The number of rotatable bonds is 9. The molecule has 7 nitrogen and oxygen atoms in total. The van der Waals surface area contributed by atoms with Gasteiger partial charge in [0.2, 0.25) is 5.91 Å². The van der Waals surface area contributed by atoms with E-state index in [2.05, 4.69) is 27.1 Å². The smallest absolute Gasteiger partial charge is 0.236 e. The van der Waals surface area contributed by atoms with Crippen molar-refractivity contribution in [1.82, 2.24) is 19.7 Å². The Hall–Kier alpha value is -3.14. The van der Waals surface area contributed by atoms with Gasteiger partial charge in [-0.2, -0.15) is 0 Å². The number of thiazole rings is 1. The van der Waals surface area contributed by atoms with E-state index in [1.54, 1.807) is 13.2 Å². The first-order valence-corrected chi connectivity index (χ1v) is 12.1. The van der Waals surface area contributed by atoms with Crippen molar-refractivity contribution in [2.24, 2.45) is 0 Å². The lowest BCUT2D eigenvalue weighted by Crippen LogP contribution is -2.14. The van der Waals surface area contributed by atoms with Gasteiger partial charge in [0.1, 0.15) is 5.75 Å². The number of hydrogen-bond acceptors (Lipinski definition) is 7. The molecule has 0 saturated carbocycles. The Morgan fingerprint density at radius 1 is 1.24 bits per heavy atom. The van der Waals surface area contributed by atoms with Crippen LogP contribution in [0.4, 0.5) is 5.13 Å². The maximum absolute atomic E-state index is 12.5. The molecule has 0 bridgehead atoms. The number of ether oxygens (including phenoxy) is 1. The SMILES string of the molecule is C=CCn1c(SCC(=O)Nc2nc(-c3ccc(Cl)cc3)cs2)nnc1-c1ccccc1OC. The van der Waals surface area contributed by atoms with Crippen LogP contribution in [0, 0.1) is 0 Å². The molecule has 2 aromatic carbocycles. The first-order valence-electron chi connectivity index (χ1n) is 9.90. The molecule has 0 saturated heterocycles. The summed E-state index contributed by atoms with van der Waals surface area (Å²) in [6.45, 7) is 4.33. The molecule has 0 fully saturated rings. The molecular formula is C23H20ClN5O2S2. The number of hydrogen-bond donors (Lipinski definition) is 1. The molecule has 168 valence electrons. The normalized spacial score (nSPS) is 10.7. The van der Waals surface area contributed by atoms with Crippen LogP contribution in [-0.4, -0.2) is 38.5 Å². The third-order valence-electron chi connectivity index (χ3n) is 4.60. The van der Waals surface area contributed by atoms with Crippen molar-refractivity contribution < 1.29 is 9.53 Å². The number of halogens is 1. The zero-order valence-electron chi connectivity index (χ0n) is 17.7. The largest absolute Gasteiger partial charge is 0.496 e. The fraction of sp³-hybridized carbons (Fsp3) is 0.130. The summed E-state index contributed by atoms with van der Waals surface area (Å²) >= 11 is 8.61. The predicted octanol–water partition coefficient (Wildman–Crippen LogP) is 5.65. The third-order valence-corrected chi connectivity index (χ3v) is 6.58. The molecule has 0 radical (unpaired) electrons. The molecule has 2 heterocycles. The molecule has 0 spiro atoms. The number of benzene rings is 2. The Morgan fingerprint density at radius 3 is 2.79 bits per heavy atom. The van der Waals surface area contributed by atoms with Crippen molar-refractivity contribution in [3.05, 3.63) is 71.6 Å². The monoisotopic (exact) mass is 497 g/mol. The van der Waals surface area contributed by atoms with Crippen LogP contribution in [0.5, 0.6) is 5.75 Å². The first-order chi connectivity index (χ1) is 16.1. The van der Waals surface area contributed by atoms with Gasteiger partial charge in [-0.05, 0) is 24.3 Å². The van der Waals surface area contributed by atoms with Gasteiger partial charge in [0.15, 0.2) is 16.1 Å². The summed E-state index contributed by atoms with van der Waals surface area (Å²) < 4.78 is 7.36. The number of allylic oxidation sites excluding steroid dienone is 1. The summed E-state index contributed by atoms with van der Waals surface area (Å²) in [5.41, 5.74) is 2.54. The van der Waals surface area contributed by atoms with Crippen molar-refractivity contribution in [3.8, 4) is 28.4 Å². The van der Waals surface area contributed by atoms with Crippen LogP contribution >= 0.6 is 34.7 Å². The lowest BCUT2D eigenvalue weighted by atomic mass is 10.2. The second-order valence-electron chi connectivity index (χ2n) is 6.79. The van der Waals surface area contributed by atoms with E-state index in [1.807, 2.05) is 58.5 Å². The van der Waals surface area contributed by atoms with Crippen molar-refractivity contribution in [2.45, 2.75) is 11.7 Å². The van der Waals surface area contributed by atoms with Crippen LogP contribution in [0.3, 0.4) is 0 Å². The van der Waals surface area contributed by atoms with Gasteiger partial charge >= 0.3 is 0 Å². The molecule has 0 unspecified atom stereocenters. The van der Waals surface area contributed by atoms with E-state index in [4.69, 9.17) is 16.3 Å². The third kappa shape index (κ3) is 5.44. The maximum Gasteiger partial charge on any atom is 0.236 e. The van der Waals surface area contributed by atoms with Gasteiger partial charge in [-0.3, -0.25) is 9.36 Å². The fourth-order valence-corrected chi connectivity index (χ4v) is 4.70. The molecule has 1 amide bonds. The molecule has 0 aliphatic rings. The second kappa shape index (κ2) is 10.7. The minimum atomic E-state index is -0.177. The van der Waals surface area contributed by atoms with Crippen molar-refractivity contribution in [2.75, 3.05) is 18.2 Å². The lowest BCUT2D eigenvalue weighted by molar-refractivity contribution is -0.113. The highest BCUT2D eigenvalue weighted by atomic mass is 35.5. The Morgan fingerprint density at radius 2 is 2.03 bits per heavy atom. The Bertz CT molecular complexity index is 1270. The number of aromatic nitrogens is 4. The molecular weight excluding hydrogens is 478 g/mol. The number of nitrogens with one attached hydrogen (secondary N) is 1.